The molecule has 11 heteroatoms. The summed E-state index contributed by atoms with van der Waals surface area (Å²) in [5.74, 6) is -0.521. The van der Waals surface area contributed by atoms with Crippen LogP contribution in [0.25, 0.3) is 0 Å². The Morgan fingerprint density at radius 2 is 1.82 bits per heavy atom. The number of amides is 2. The summed E-state index contributed by atoms with van der Waals surface area (Å²) in [4.78, 5) is 26.9. The number of halogens is 1. The number of carbonyl (C=O) groups is 2. The number of thiophene rings is 1. The summed E-state index contributed by atoms with van der Waals surface area (Å²) >= 11 is 7.19. The summed E-state index contributed by atoms with van der Waals surface area (Å²) in [6.45, 7) is 2.84. The summed E-state index contributed by atoms with van der Waals surface area (Å²) < 4.78 is 33.0. The van der Waals surface area contributed by atoms with E-state index in [0.29, 0.717) is 56.3 Å². The van der Waals surface area contributed by atoms with Crippen molar-refractivity contribution in [1.29, 1.82) is 0 Å². The van der Waals surface area contributed by atoms with Crippen LogP contribution in [0.5, 0.6) is 0 Å². The van der Waals surface area contributed by atoms with Crippen LogP contribution >= 0.6 is 22.9 Å². The fraction of sp³-hybridized carbons (Fsp3) is 0.455. The second-order valence-electron chi connectivity index (χ2n) is 8.05. The first-order valence-electron chi connectivity index (χ1n) is 10.8. The van der Waals surface area contributed by atoms with Crippen molar-refractivity contribution < 1.29 is 22.7 Å². The molecule has 1 aromatic heterocycles. The number of morpholine rings is 1. The molecule has 1 N–H and O–H groups in total. The predicted octanol–water partition coefficient (Wildman–Crippen LogP) is 2.59. The number of benzene rings is 1. The number of nitrogens with zero attached hydrogens (tertiary/aromatic N) is 2. The maximum absolute atomic E-state index is 13.1. The molecule has 2 saturated heterocycles. The van der Waals surface area contributed by atoms with Gasteiger partial charge < -0.3 is 15.0 Å². The smallest absolute Gasteiger partial charge is 0.254 e. The summed E-state index contributed by atoms with van der Waals surface area (Å²) in [6.07, 6.45) is 0.886. The first-order chi connectivity index (χ1) is 15.9. The van der Waals surface area contributed by atoms with Gasteiger partial charge in [0.25, 0.3) is 15.9 Å². The first kappa shape index (κ1) is 24.2. The van der Waals surface area contributed by atoms with E-state index in [1.807, 2.05) is 18.2 Å². The zero-order valence-electron chi connectivity index (χ0n) is 18.0. The molecule has 0 saturated carbocycles. The van der Waals surface area contributed by atoms with Gasteiger partial charge in [0, 0.05) is 49.0 Å². The van der Waals surface area contributed by atoms with E-state index in [9.17, 15) is 18.0 Å². The van der Waals surface area contributed by atoms with Crippen molar-refractivity contribution in [2.45, 2.75) is 23.6 Å². The molecule has 2 amide bonds. The van der Waals surface area contributed by atoms with Crippen LogP contribution in [-0.4, -0.2) is 68.8 Å². The van der Waals surface area contributed by atoms with E-state index >= 15 is 0 Å². The number of carbonyl (C=O) groups excluding carboxylic acids is 2. The molecule has 0 bridgehead atoms. The van der Waals surface area contributed by atoms with Crippen LogP contribution in [0.4, 0.5) is 0 Å². The molecule has 0 aliphatic carbocycles. The maximum Gasteiger partial charge on any atom is 0.254 e. The van der Waals surface area contributed by atoms with Crippen molar-refractivity contribution in [3.05, 3.63) is 51.9 Å². The Hall–Kier alpha value is -1.98. The Morgan fingerprint density at radius 1 is 1.12 bits per heavy atom. The summed E-state index contributed by atoms with van der Waals surface area (Å²) in [6, 6.07) is 8.79. The van der Waals surface area contributed by atoms with Crippen LogP contribution in [0.1, 0.15) is 28.8 Å². The number of sulfonamides is 1. The highest BCUT2D eigenvalue weighted by molar-refractivity contribution is 7.91. The van der Waals surface area contributed by atoms with E-state index in [2.05, 4.69) is 5.32 Å². The molecular formula is C22H26ClN3O5S2. The Bertz CT molecular complexity index is 1110. The molecule has 2 aliphatic heterocycles. The van der Waals surface area contributed by atoms with E-state index in [0.717, 1.165) is 16.9 Å². The normalized spacial score (nSPS) is 18.3. The molecule has 0 spiro atoms. The SMILES string of the molecule is O=C(NCc1ccccc1Cl)C1CCN(S(=O)(=O)c2cc(C(=O)N3CCOCC3)cs2)CC1. The lowest BCUT2D eigenvalue weighted by molar-refractivity contribution is -0.126. The maximum atomic E-state index is 13.1. The predicted molar refractivity (Wildman–Crippen MR) is 126 cm³/mol. The van der Waals surface area contributed by atoms with Gasteiger partial charge in [0.2, 0.25) is 5.91 Å². The fourth-order valence-electron chi connectivity index (χ4n) is 3.97. The van der Waals surface area contributed by atoms with Crippen molar-refractivity contribution in [2.75, 3.05) is 39.4 Å². The quantitative estimate of drug-likeness (QED) is 0.643. The lowest BCUT2D eigenvalue weighted by atomic mass is 9.97. The molecule has 1 aromatic carbocycles. The zero-order valence-corrected chi connectivity index (χ0v) is 20.4. The standard InChI is InChI=1S/C22H26ClN3O5S2/c23-19-4-2-1-3-17(19)14-24-21(27)16-5-7-26(8-6-16)33(29,30)20-13-18(15-32-20)22(28)25-9-11-31-12-10-25/h1-4,13,15-16H,5-12,14H2,(H,24,27). The van der Waals surface area contributed by atoms with Gasteiger partial charge in [0.05, 0.1) is 18.8 Å². The van der Waals surface area contributed by atoms with Gasteiger partial charge in [-0.05, 0) is 30.5 Å². The molecule has 2 aliphatic rings. The molecule has 0 radical (unpaired) electrons. The zero-order chi connectivity index (χ0) is 23.4. The second-order valence-corrected chi connectivity index (χ2v) is 11.5. The molecule has 0 unspecified atom stereocenters. The number of nitrogens with one attached hydrogen (secondary N) is 1. The van der Waals surface area contributed by atoms with Crippen molar-refractivity contribution in [3.63, 3.8) is 0 Å². The summed E-state index contributed by atoms with van der Waals surface area (Å²) in [7, 11) is -3.71. The van der Waals surface area contributed by atoms with Gasteiger partial charge in [0.15, 0.2) is 0 Å². The number of hydrogen-bond donors (Lipinski definition) is 1. The number of ether oxygens (including phenoxy) is 1. The van der Waals surface area contributed by atoms with Crippen LogP contribution in [-0.2, 0) is 26.1 Å². The lowest BCUT2D eigenvalue weighted by Crippen LogP contribution is -2.42. The van der Waals surface area contributed by atoms with E-state index < -0.39 is 10.0 Å². The van der Waals surface area contributed by atoms with Crippen molar-refractivity contribution in [2.24, 2.45) is 5.92 Å². The third-order valence-electron chi connectivity index (χ3n) is 5.95. The van der Waals surface area contributed by atoms with Gasteiger partial charge in [-0.2, -0.15) is 4.31 Å². The number of rotatable bonds is 6. The third-order valence-corrected chi connectivity index (χ3v) is 9.63. The van der Waals surface area contributed by atoms with Gasteiger partial charge in [-0.3, -0.25) is 9.59 Å². The van der Waals surface area contributed by atoms with E-state index in [1.165, 1.54) is 10.4 Å². The second kappa shape index (κ2) is 10.5. The molecule has 2 aromatic rings. The minimum absolute atomic E-state index is 0.0958. The Labute approximate surface area is 202 Å². The highest BCUT2D eigenvalue weighted by Crippen LogP contribution is 2.29. The lowest BCUT2D eigenvalue weighted by Gasteiger charge is -2.30. The van der Waals surface area contributed by atoms with E-state index in [4.69, 9.17) is 16.3 Å². The van der Waals surface area contributed by atoms with Gasteiger partial charge in [0.1, 0.15) is 4.21 Å². The van der Waals surface area contributed by atoms with E-state index in [-0.39, 0.29) is 35.0 Å². The Morgan fingerprint density at radius 3 is 2.52 bits per heavy atom. The first-order valence-corrected chi connectivity index (χ1v) is 13.5. The average Bonchev–Trinajstić information content (AvgIpc) is 3.35. The molecule has 3 heterocycles. The highest BCUT2D eigenvalue weighted by Gasteiger charge is 2.33. The molecule has 2 fully saturated rings. The topological polar surface area (TPSA) is 96.0 Å². The fourth-order valence-corrected chi connectivity index (χ4v) is 6.95. The van der Waals surface area contributed by atoms with Gasteiger partial charge in [-0.1, -0.05) is 29.8 Å². The van der Waals surface area contributed by atoms with Gasteiger partial charge in [-0.25, -0.2) is 8.42 Å². The number of piperidine rings is 1. The molecule has 33 heavy (non-hydrogen) atoms. The van der Waals surface area contributed by atoms with Crippen LogP contribution < -0.4 is 5.32 Å². The Balaban J connectivity index is 1.32. The monoisotopic (exact) mass is 511 g/mol. The third kappa shape index (κ3) is 5.58. The molecule has 0 atom stereocenters. The highest BCUT2D eigenvalue weighted by atomic mass is 35.5. The largest absolute Gasteiger partial charge is 0.378 e. The summed E-state index contributed by atoms with van der Waals surface area (Å²) in [5.41, 5.74) is 1.22. The van der Waals surface area contributed by atoms with Crippen LogP contribution in [0.2, 0.25) is 5.02 Å². The van der Waals surface area contributed by atoms with Crippen molar-refractivity contribution in [3.8, 4) is 0 Å². The minimum atomic E-state index is -3.71. The van der Waals surface area contributed by atoms with Crippen molar-refractivity contribution in [1.82, 2.24) is 14.5 Å². The Kier molecular flexibility index (Phi) is 7.70. The molecule has 178 valence electrons. The van der Waals surface area contributed by atoms with Crippen LogP contribution in [0, 0.1) is 5.92 Å². The molecule has 8 nitrogen and oxygen atoms in total. The van der Waals surface area contributed by atoms with Crippen LogP contribution in [0.3, 0.4) is 0 Å². The average molecular weight is 512 g/mol. The molecule has 4 rings (SSSR count). The minimum Gasteiger partial charge on any atom is -0.378 e. The van der Waals surface area contributed by atoms with Crippen LogP contribution in [0.15, 0.2) is 39.9 Å². The summed E-state index contributed by atoms with van der Waals surface area (Å²) in [5, 5.41) is 5.10. The van der Waals surface area contributed by atoms with Crippen molar-refractivity contribution >= 4 is 44.8 Å². The van der Waals surface area contributed by atoms with Gasteiger partial charge >= 0.3 is 0 Å². The van der Waals surface area contributed by atoms with Gasteiger partial charge in [-0.15, -0.1) is 11.3 Å². The van der Waals surface area contributed by atoms with E-state index in [1.54, 1.807) is 16.3 Å². The molecular weight excluding hydrogens is 486 g/mol. The number of hydrogen-bond acceptors (Lipinski definition) is 6.